The lowest BCUT2D eigenvalue weighted by Crippen LogP contribution is -2.33. The van der Waals surface area contributed by atoms with Gasteiger partial charge in [-0.2, -0.15) is 0 Å². The third-order valence-corrected chi connectivity index (χ3v) is 3.20. The van der Waals surface area contributed by atoms with Crippen molar-refractivity contribution < 1.29 is 18.8 Å². The van der Waals surface area contributed by atoms with Gasteiger partial charge >= 0.3 is 7.12 Å². The molecule has 1 aromatic rings. The van der Waals surface area contributed by atoms with Gasteiger partial charge in [0.1, 0.15) is 6.10 Å². The van der Waals surface area contributed by atoms with E-state index < -0.39 is 0 Å². The van der Waals surface area contributed by atoms with Crippen LogP contribution in [0.15, 0.2) is 30.8 Å². The summed E-state index contributed by atoms with van der Waals surface area (Å²) in [5, 5.41) is 0. The van der Waals surface area contributed by atoms with Gasteiger partial charge in [-0.15, -0.1) is 0 Å². The molecule has 0 saturated carbocycles. The van der Waals surface area contributed by atoms with Crippen LogP contribution < -0.4 is 5.46 Å². The van der Waals surface area contributed by atoms with Crippen molar-refractivity contribution in [2.24, 2.45) is 0 Å². The maximum Gasteiger partial charge on any atom is 0.494 e. The van der Waals surface area contributed by atoms with Crippen molar-refractivity contribution >= 4 is 18.7 Å². The average molecular weight is 260 g/mol. The predicted octanol–water partition coefficient (Wildman–Crippen LogP) is 0.856. The second-order valence-corrected chi connectivity index (χ2v) is 4.79. The summed E-state index contributed by atoms with van der Waals surface area (Å²) in [6.45, 7) is 6.33. The molecule has 2 aliphatic rings. The first-order valence-electron chi connectivity index (χ1n) is 6.54. The molecule has 0 aromatic heterocycles. The minimum absolute atomic E-state index is 0.00262. The zero-order valence-corrected chi connectivity index (χ0v) is 10.8. The highest BCUT2D eigenvalue weighted by Gasteiger charge is 2.33. The van der Waals surface area contributed by atoms with Gasteiger partial charge in [0.2, 0.25) is 0 Å². The summed E-state index contributed by atoms with van der Waals surface area (Å²) in [5.74, 6) is 0. The Morgan fingerprint density at radius 2 is 1.95 bits per heavy atom. The van der Waals surface area contributed by atoms with Crippen LogP contribution in [0.25, 0.3) is 6.08 Å². The van der Waals surface area contributed by atoms with E-state index in [1.54, 1.807) is 0 Å². The van der Waals surface area contributed by atoms with E-state index in [0.29, 0.717) is 25.9 Å². The van der Waals surface area contributed by atoms with Crippen molar-refractivity contribution in [2.75, 3.05) is 26.4 Å². The fourth-order valence-electron chi connectivity index (χ4n) is 1.99. The molecule has 2 unspecified atom stereocenters. The summed E-state index contributed by atoms with van der Waals surface area (Å²) in [6.07, 6.45) is 2.11. The van der Waals surface area contributed by atoms with Crippen LogP contribution in [-0.2, 0) is 18.8 Å². The minimum atomic E-state index is -0.287. The molecular formula is C14H17BO4. The highest BCUT2D eigenvalue weighted by Crippen LogP contribution is 2.12. The summed E-state index contributed by atoms with van der Waals surface area (Å²) >= 11 is 0. The Hall–Kier alpha value is -1.14. The summed E-state index contributed by atoms with van der Waals surface area (Å²) in [7, 11) is -0.287. The molecule has 5 heteroatoms. The van der Waals surface area contributed by atoms with Crippen molar-refractivity contribution in [2.45, 2.75) is 12.2 Å². The van der Waals surface area contributed by atoms with Crippen LogP contribution in [0, 0.1) is 0 Å². The molecule has 0 N–H and O–H groups in total. The molecule has 0 spiro atoms. The van der Waals surface area contributed by atoms with Crippen LogP contribution in [0.2, 0.25) is 0 Å². The second-order valence-electron chi connectivity index (χ2n) is 4.79. The molecule has 2 fully saturated rings. The highest BCUT2D eigenvalue weighted by atomic mass is 16.7. The van der Waals surface area contributed by atoms with E-state index in [4.69, 9.17) is 18.8 Å². The van der Waals surface area contributed by atoms with E-state index >= 15 is 0 Å². The van der Waals surface area contributed by atoms with Gasteiger partial charge < -0.3 is 18.8 Å². The van der Waals surface area contributed by atoms with Gasteiger partial charge in [-0.1, -0.05) is 36.9 Å². The van der Waals surface area contributed by atoms with Crippen molar-refractivity contribution in [3.63, 3.8) is 0 Å². The van der Waals surface area contributed by atoms with E-state index in [0.717, 1.165) is 17.6 Å². The van der Waals surface area contributed by atoms with Gasteiger partial charge in [0.15, 0.2) is 0 Å². The van der Waals surface area contributed by atoms with Crippen LogP contribution >= 0.6 is 0 Å². The molecule has 1 aromatic carbocycles. The fourth-order valence-corrected chi connectivity index (χ4v) is 1.99. The Bertz CT molecular complexity index is 430. The normalized spacial score (nSPS) is 25.6. The number of ether oxygens (including phenoxy) is 2. The topological polar surface area (TPSA) is 40.2 Å². The third-order valence-electron chi connectivity index (χ3n) is 3.20. The number of rotatable bonds is 6. The molecule has 100 valence electrons. The highest BCUT2D eigenvalue weighted by molar-refractivity contribution is 6.61. The van der Waals surface area contributed by atoms with E-state index in [1.165, 1.54) is 0 Å². The van der Waals surface area contributed by atoms with Crippen molar-refractivity contribution in [3.05, 3.63) is 36.4 Å². The van der Waals surface area contributed by atoms with Crippen molar-refractivity contribution in [1.82, 2.24) is 0 Å². The van der Waals surface area contributed by atoms with Gasteiger partial charge in [-0.25, -0.2) is 0 Å². The van der Waals surface area contributed by atoms with E-state index in [1.807, 2.05) is 30.3 Å². The van der Waals surface area contributed by atoms with Crippen LogP contribution in [0.3, 0.4) is 0 Å². The molecule has 2 aliphatic heterocycles. The van der Waals surface area contributed by atoms with Gasteiger partial charge in [0.25, 0.3) is 0 Å². The Balaban J connectivity index is 1.47. The van der Waals surface area contributed by atoms with Crippen molar-refractivity contribution in [1.29, 1.82) is 0 Å². The molecular weight excluding hydrogens is 243 g/mol. The smallest absolute Gasteiger partial charge is 0.405 e. The van der Waals surface area contributed by atoms with E-state index in [9.17, 15) is 0 Å². The number of benzene rings is 1. The number of hydrogen-bond donors (Lipinski definition) is 0. The maximum absolute atomic E-state index is 5.81. The van der Waals surface area contributed by atoms with Crippen LogP contribution in [0.1, 0.15) is 5.56 Å². The molecule has 2 atom stereocenters. The maximum atomic E-state index is 5.81. The van der Waals surface area contributed by atoms with Gasteiger partial charge in [0, 0.05) is 0 Å². The van der Waals surface area contributed by atoms with Crippen molar-refractivity contribution in [3.8, 4) is 0 Å². The first kappa shape index (κ1) is 12.9. The monoisotopic (exact) mass is 260 g/mol. The lowest BCUT2D eigenvalue weighted by atomic mass is 9.79. The number of epoxide rings is 1. The Morgan fingerprint density at radius 1 is 1.21 bits per heavy atom. The minimum Gasteiger partial charge on any atom is -0.405 e. The molecule has 0 radical (unpaired) electrons. The fraction of sp³-hybridized carbons (Fsp3) is 0.429. The molecule has 0 aliphatic carbocycles. The Morgan fingerprint density at radius 3 is 2.63 bits per heavy atom. The Kier molecular flexibility index (Phi) is 3.99. The lowest BCUT2D eigenvalue weighted by molar-refractivity contribution is 0.0512. The molecule has 2 saturated heterocycles. The van der Waals surface area contributed by atoms with E-state index in [2.05, 4.69) is 6.58 Å². The first-order valence-corrected chi connectivity index (χ1v) is 6.54. The zero-order valence-electron chi connectivity index (χ0n) is 10.8. The molecule has 3 rings (SSSR count). The summed E-state index contributed by atoms with van der Waals surface area (Å²) in [5.41, 5.74) is 2.12. The number of hydrogen-bond acceptors (Lipinski definition) is 4. The van der Waals surface area contributed by atoms with Gasteiger partial charge in [-0.05, 0) is 11.0 Å². The molecule has 19 heavy (non-hydrogen) atoms. The zero-order chi connectivity index (χ0) is 13.1. The van der Waals surface area contributed by atoms with Crippen LogP contribution in [0.5, 0.6) is 0 Å². The summed E-state index contributed by atoms with van der Waals surface area (Å²) in [4.78, 5) is 0. The second kappa shape index (κ2) is 5.88. The van der Waals surface area contributed by atoms with Gasteiger partial charge in [-0.3, -0.25) is 0 Å². The SMILES string of the molecule is C=Cc1ccc(B2OCC(COCC3CO3)O2)cc1. The molecule has 0 amide bonds. The Labute approximate surface area is 113 Å². The summed E-state index contributed by atoms with van der Waals surface area (Å²) in [6, 6.07) is 8.01. The standard InChI is InChI=1S/C14H17BO4/c1-2-11-3-5-12(6-4-11)15-18-10-14(19-15)8-16-7-13-9-17-13/h2-6,13-14H,1,7-10H2. The largest absolute Gasteiger partial charge is 0.494 e. The quantitative estimate of drug-likeness (QED) is 0.561. The predicted molar refractivity (Wildman–Crippen MR) is 73.3 cm³/mol. The van der Waals surface area contributed by atoms with Gasteiger partial charge in [0.05, 0.1) is 32.5 Å². The average Bonchev–Trinajstić information content (AvgIpc) is 3.15. The lowest BCUT2D eigenvalue weighted by Gasteiger charge is -2.09. The molecule has 2 heterocycles. The third kappa shape index (κ3) is 3.45. The van der Waals surface area contributed by atoms with Crippen LogP contribution in [-0.4, -0.2) is 45.8 Å². The molecule has 0 bridgehead atoms. The molecule has 4 nitrogen and oxygen atoms in total. The summed E-state index contributed by atoms with van der Waals surface area (Å²) < 4.78 is 22.0. The van der Waals surface area contributed by atoms with Crippen LogP contribution in [0.4, 0.5) is 0 Å². The first-order chi connectivity index (χ1) is 9.35. The van der Waals surface area contributed by atoms with E-state index in [-0.39, 0.29) is 13.2 Å².